The van der Waals surface area contributed by atoms with Crippen molar-refractivity contribution in [2.45, 2.75) is 19.9 Å². The molecule has 2 rings (SSSR count). The van der Waals surface area contributed by atoms with Crippen LogP contribution in [0.15, 0.2) is 42.5 Å². The number of benzene rings is 2. The molecule has 0 aromatic heterocycles. The highest BCUT2D eigenvalue weighted by atomic mass is 35.5. The van der Waals surface area contributed by atoms with Crippen molar-refractivity contribution in [3.8, 4) is 0 Å². The number of nitro benzene ring substituents is 1. The third-order valence-corrected chi connectivity index (χ3v) is 3.72. The number of carbonyl (C=O) groups excluding carboxylic acids is 1. The van der Waals surface area contributed by atoms with Gasteiger partial charge in [-0.1, -0.05) is 29.8 Å². The number of nitro groups is 1. The zero-order chi connectivity index (χ0) is 16.3. The van der Waals surface area contributed by atoms with Crippen molar-refractivity contribution in [1.82, 2.24) is 5.32 Å². The standard InChI is InChI=1S/C16H15ClN2O3/c1-10-14(4-3-5-15(10)19(21)22)16(20)18-11(2)12-6-8-13(17)9-7-12/h3-9,11H,1-2H3,(H,18,20). The SMILES string of the molecule is Cc1c(C(=O)NC(C)c2ccc(Cl)cc2)cccc1[N+](=O)[O-]. The maximum absolute atomic E-state index is 12.3. The van der Waals surface area contributed by atoms with E-state index in [0.29, 0.717) is 16.1 Å². The molecule has 1 unspecified atom stereocenters. The fraction of sp³-hybridized carbons (Fsp3) is 0.188. The molecule has 0 bridgehead atoms. The zero-order valence-corrected chi connectivity index (χ0v) is 12.9. The van der Waals surface area contributed by atoms with E-state index in [0.717, 1.165) is 5.56 Å². The molecule has 22 heavy (non-hydrogen) atoms. The van der Waals surface area contributed by atoms with E-state index in [1.54, 1.807) is 25.1 Å². The highest BCUT2D eigenvalue weighted by Crippen LogP contribution is 2.22. The fourth-order valence-corrected chi connectivity index (χ4v) is 2.30. The lowest BCUT2D eigenvalue weighted by atomic mass is 10.0. The Morgan fingerprint density at radius 1 is 1.23 bits per heavy atom. The Morgan fingerprint density at radius 3 is 2.45 bits per heavy atom. The molecule has 1 N–H and O–H groups in total. The molecule has 114 valence electrons. The van der Waals surface area contributed by atoms with Gasteiger partial charge in [0.25, 0.3) is 11.6 Å². The molecule has 0 spiro atoms. The molecule has 0 heterocycles. The van der Waals surface area contributed by atoms with Crippen LogP contribution in [0.2, 0.25) is 5.02 Å². The van der Waals surface area contributed by atoms with Crippen LogP contribution < -0.4 is 5.32 Å². The Hall–Kier alpha value is -2.40. The Balaban J connectivity index is 2.20. The van der Waals surface area contributed by atoms with Gasteiger partial charge in [-0.15, -0.1) is 0 Å². The van der Waals surface area contributed by atoms with Gasteiger partial charge in [0, 0.05) is 22.2 Å². The minimum atomic E-state index is -0.491. The predicted molar refractivity (Wildman–Crippen MR) is 85.2 cm³/mol. The number of amides is 1. The van der Waals surface area contributed by atoms with Crippen LogP contribution in [0, 0.1) is 17.0 Å². The molecule has 0 aliphatic heterocycles. The van der Waals surface area contributed by atoms with E-state index in [1.165, 1.54) is 12.1 Å². The number of hydrogen-bond acceptors (Lipinski definition) is 3. The van der Waals surface area contributed by atoms with Gasteiger partial charge in [0.1, 0.15) is 0 Å². The average molecular weight is 319 g/mol. The van der Waals surface area contributed by atoms with E-state index in [-0.39, 0.29) is 17.6 Å². The van der Waals surface area contributed by atoms with Gasteiger partial charge < -0.3 is 5.32 Å². The third-order valence-electron chi connectivity index (χ3n) is 3.46. The second kappa shape index (κ2) is 6.58. The van der Waals surface area contributed by atoms with Gasteiger partial charge in [-0.2, -0.15) is 0 Å². The Morgan fingerprint density at radius 2 is 1.86 bits per heavy atom. The first-order chi connectivity index (χ1) is 10.4. The highest BCUT2D eigenvalue weighted by Gasteiger charge is 2.19. The van der Waals surface area contributed by atoms with Gasteiger partial charge in [-0.3, -0.25) is 14.9 Å². The van der Waals surface area contributed by atoms with Crippen molar-refractivity contribution in [1.29, 1.82) is 0 Å². The lowest BCUT2D eigenvalue weighted by Crippen LogP contribution is -2.27. The molecule has 1 amide bonds. The van der Waals surface area contributed by atoms with E-state index < -0.39 is 4.92 Å². The molecular formula is C16H15ClN2O3. The summed E-state index contributed by atoms with van der Waals surface area (Å²) in [5.74, 6) is -0.344. The Bertz CT molecular complexity index is 714. The number of halogens is 1. The molecule has 0 fully saturated rings. The quantitative estimate of drug-likeness (QED) is 0.682. The first kappa shape index (κ1) is 16.0. The van der Waals surface area contributed by atoms with Gasteiger partial charge in [0.15, 0.2) is 0 Å². The van der Waals surface area contributed by atoms with Gasteiger partial charge >= 0.3 is 0 Å². The van der Waals surface area contributed by atoms with Crippen molar-refractivity contribution < 1.29 is 9.72 Å². The van der Waals surface area contributed by atoms with E-state index in [1.807, 2.05) is 19.1 Å². The molecule has 2 aromatic rings. The molecule has 0 aliphatic rings. The minimum Gasteiger partial charge on any atom is -0.346 e. The van der Waals surface area contributed by atoms with Crippen LogP contribution >= 0.6 is 11.6 Å². The Kier molecular flexibility index (Phi) is 4.78. The van der Waals surface area contributed by atoms with E-state index in [9.17, 15) is 14.9 Å². The van der Waals surface area contributed by atoms with Crippen molar-refractivity contribution in [2.24, 2.45) is 0 Å². The predicted octanol–water partition coefficient (Wildman–Crippen LogP) is 4.05. The summed E-state index contributed by atoms with van der Waals surface area (Å²) >= 11 is 5.83. The second-order valence-electron chi connectivity index (χ2n) is 4.95. The van der Waals surface area contributed by atoms with Gasteiger partial charge in [-0.05, 0) is 37.6 Å². The maximum atomic E-state index is 12.3. The number of nitrogens with zero attached hydrogens (tertiary/aromatic N) is 1. The lowest BCUT2D eigenvalue weighted by molar-refractivity contribution is -0.385. The molecule has 0 saturated heterocycles. The van der Waals surface area contributed by atoms with E-state index in [2.05, 4.69) is 5.32 Å². The van der Waals surface area contributed by atoms with Crippen LogP contribution in [0.3, 0.4) is 0 Å². The topological polar surface area (TPSA) is 72.2 Å². The summed E-state index contributed by atoms with van der Waals surface area (Å²) in [5.41, 5.74) is 1.50. The molecule has 0 radical (unpaired) electrons. The first-order valence-electron chi connectivity index (χ1n) is 6.70. The summed E-state index contributed by atoms with van der Waals surface area (Å²) in [7, 11) is 0. The largest absolute Gasteiger partial charge is 0.346 e. The maximum Gasteiger partial charge on any atom is 0.273 e. The van der Waals surface area contributed by atoms with Crippen molar-refractivity contribution in [2.75, 3.05) is 0 Å². The number of nitrogens with one attached hydrogen (secondary N) is 1. The van der Waals surface area contributed by atoms with Crippen LogP contribution in [0.1, 0.15) is 34.5 Å². The van der Waals surface area contributed by atoms with E-state index >= 15 is 0 Å². The van der Waals surface area contributed by atoms with Gasteiger partial charge in [0.05, 0.1) is 11.0 Å². The van der Waals surface area contributed by atoms with Crippen molar-refractivity contribution in [3.05, 3.63) is 74.3 Å². The monoisotopic (exact) mass is 318 g/mol. The summed E-state index contributed by atoms with van der Waals surface area (Å²) in [6.07, 6.45) is 0. The summed E-state index contributed by atoms with van der Waals surface area (Å²) < 4.78 is 0. The number of carbonyl (C=O) groups is 1. The van der Waals surface area contributed by atoms with Crippen LogP contribution in [0.5, 0.6) is 0 Å². The summed E-state index contributed by atoms with van der Waals surface area (Å²) in [5, 5.41) is 14.4. The first-order valence-corrected chi connectivity index (χ1v) is 7.08. The van der Waals surface area contributed by atoms with Crippen LogP contribution in [0.4, 0.5) is 5.69 Å². The van der Waals surface area contributed by atoms with Crippen molar-refractivity contribution in [3.63, 3.8) is 0 Å². The van der Waals surface area contributed by atoms with Crippen LogP contribution in [-0.2, 0) is 0 Å². The van der Waals surface area contributed by atoms with Gasteiger partial charge in [-0.25, -0.2) is 0 Å². The van der Waals surface area contributed by atoms with Crippen LogP contribution in [-0.4, -0.2) is 10.8 Å². The number of rotatable bonds is 4. The summed E-state index contributed by atoms with van der Waals surface area (Å²) in [4.78, 5) is 22.8. The zero-order valence-electron chi connectivity index (χ0n) is 12.2. The lowest BCUT2D eigenvalue weighted by Gasteiger charge is -2.15. The molecule has 5 nitrogen and oxygen atoms in total. The van der Waals surface area contributed by atoms with Crippen LogP contribution in [0.25, 0.3) is 0 Å². The fourth-order valence-electron chi connectivity index (χ4n) is 2.18. The van der Waals surface area contributed by atoms with Gasteiger partial charge in [0.2, 0.25) is 0 Å². The molecule has 2 aromatic carbocycles. The van der Waals surface area contributed by atoms with E-state index in [4.69, 9.17) is 11.6 Å². The third kappa shape index (κ3) is 3.43. The second-order valence-corrected chi connectivity index (χ2v) is 5.39. The summed E-state index contributed by atoms with van der Waals surface area (Å²) in [6.45, 7) is 3.41. The molecule has 0 aliphatic carbocycles. The minimum absolute atomic E-state index is 0.0632. The molecule has 0 saturated carbocycles. The smallest absolute Gasteiger partial charge is 0.273 e. The normalized spacial score (nSPS) is 11.8. The van der Waals surface area contributed by atoms with Crippen molar-refractivity contribution >= 4 is 23.2 Å². The molecular weight excluding hydrogens is 304 g/mol. The number of hydrogen-bond donors (Lipinski definition) is 1. The molecule has 6 heteroatoms. The average Bonchev–Trinajstić information content (AvgIpc) is 2.47. The summed E-state index contributed by atoms with van der Waals surface area (Å²) in [6, 6.07) is 11.4. The molecule has 1 atom stereocenters. The highest BCUT2D eigenvalue weighted by molar-refractivity contribution is 6.30. The Labute approximate surface area is 133 Å².